The van der Waals surface area contributed by atoms with Crippen LogP contribution in [0.2, 0.25) is 0 Å². The predicted octanol–water partition coefficient (Wildman–Crippen LogP) is -3.37. The van der Waals surface area contributed by atoms with Crippen LogP contribution in [0.3, 0.4) is 0 Å². The van der Waals surface area contributed by atoms with Crippen LogP contribution < -0.4 is 10.2 Å². The number of aliphatic carboxylic acids is 2. The Bertz CT molecular complexity index is 301. The number of aliphatic hydroxyl groups is 2. The maximum absolute atomic E-state index is 9.93. The van der Waals surface area contributed by atoms with Crippen LogP contribution in [0, 0.1) is 11.8 Å². The molecule has 0 aliphatic heterocycles. The quantitative estimate of drug-likeness (QED) is 0.496. The Morgan fingerprint density at radius 1 is 1.00 bits per heavy atom. The maximum Gasteiger partial charge on any atom is 2.00 e. The van der Waals surface area contributed by atoms with Crippen molar-refractivity contribution in [1.82, 2.24) is 0 Å². The minimum Gasteiger partial charge on any atom is -0.547 e. The van der Waals surface area contributed by atoms with Crippen LogP contribution in [0.4, 0.5) is 0 Å². The molecule has 92 valence electrons. The molecule has 0 bridgehead atoms. The third kappa shape index (κ3) is 3.31. The Morgan fingerprint density at radius 2 is 1.18 bits per heavy atom. The van der Waals surface area contributed by atoms with Crippen molar-refractivity contribution in [3.63, 3.8) is 0 Å². The van der Waals surface area contributed by atoms with E-state index in [1.165, 1.54) is 0 Å². The summed E-state index contributed by atoms with van der Waals surface area (Å²) in [6.45, 7) is 3.35. The first-order valence-corrected chi connectivity index (χ1v) is 5.02. The molecule has 2 fully saturated rings. The Labute approximate surface area is 115 Å². The van der Waals surface area contributed by atoms with Gasteiger partial charge in [-0.3, -0.25) is 0 Å². The number of rotatable bonds is 2. The minimum absolute atomic E-state index is 0. The van der Waals surface area contributed by atoms with Crippen LogP contribution in [-0.2, 0) is 9.59 Å². The fraction of sp³-hybridized carbons (Fsp3) is 0.800. The van der Waals surface area contributed by atoms with Gasteiger partial charge in [0.2, 0.25) is 0 Å². The van der Waals surface area contributed by atoms with Gasteiger partial charge in [-0.2, -0.15) is 0 Å². The van der Waals surface area contributed by atoms with Gasteiger partial charge < -0.3 is 30.0 Å². The fourth-order valence-electron chi connectivity index (χ4n) is 1.38. The van der Waals surface area contributed by atoms with Crippen molar-refractivity contribution >= 4 is 35.0 Å². The van der Waals surface area contributed by atoms with Gasteiger partial charge in [-0.15, -0.1) is 0 Å². The van der Waals surface area contributed by atoms with Gasteiger partial charge in [-0.1, -0.05) is 13.8 Å². The number of hydrogen-bond acceptors (Lipinski definition) is 6. The fourth-order valence-corrected chi connectivity index (χ4v) is 1.38. The van der Waals surface area contributed by atoms with E-state index in [9.17, 15) is 19.8 Å². The number of carbonyl (C=O) groups is 2. The Hall–Kier alpha value is -0.374. The van der Waals surface area contributed by atoms with Crippen molar-refractivity contribution in [2.24, 2.45) is 11.8 Å². The van der Waals surface area contributed by atoms with Gasteiger partial charge in [0.1, 0.15) is 11.2 Å². The van der Waals surface area contributed by atoms with Gasteiger partial charge in [0.25, 0.3) is 0 Å². The second-order valence-corrected chi connectivity index (χ2v) is 4.63. The second kappa shape index (κ2) is 5.09. The van der Waals surface area contributed by atoms with Crippen LogP contribution in [-0.4, -0.2) is 56.4 Å². The topological polar surface area (TPSA) is 121 Å². The van der Waals surface area contributed by atoms with Crippen LogP contribution in [0.1, 0.15) is 26.7 Å². The molecule has 2 saturated carbocycles. The zero-order chi connectivity index (χ0) is 12.7. The van der Waals surface area contributed by atoms with Crippen molar-refractivity contribution in [3.8, 4) is 0 Å². The van der Waals surface area contributed by atoms with Crippen molar-refractivity contribution < 1.29 is 30.0 Å². The summed E-state index contributed by atoms with van der Waals surface area (Å²) in [6.07, 6.45) is 0.685. The van der Waals surface area contributed by atoms with Crippen molar-refractivity contribution in [2.45, 2.75) is 37.9 Å². The molecule has 0 heterocycles. The Morgan fingerprint density at radius 3 is 1.18 bits per heavy atom. The number of hydrogen-bond donors (Lipinski definition) is 2. The first-order valence-electron chi connectivity index (χ1n) is 5.02. The van der Waals surface area contributed by atoms with Gasteiger partial charge in [0.05, 0.1) is 11.9 Å². The van der Waals surface area contributed by atoms with E-state index in [0.29, 0.717) is 12.8 Å². The SMILES string of the molecule is CC1CC1(O)C(=O)[O-].CC1CC1(O)C(=O)[O-].[Mg+2]. The standard InChI is InChI=1S/2C5H8O3.Mg/c2*1-3-2-5(3,8)4(6)7;/h2*3,8H,2H2,1H3,(H,6,7);/q;;+2/p-2. The average molecular weight is 255 g/mol. The molecule has 0 radical (unpaired) electrons. The molecule has 0 spiro atoms. The summed E-state index contributed by atoms with van der Waals surface area (Å²) in [6, 6.07) is 0. The van der Waals surface area contributed by atoms with E-state index in [0.717, 1.165) is 0 Å². The molecular formula is C10H14MgO6. The molecule has 2 rings (SSSR count). The normalized spacial score (nSPS) is 41.4. The molecule has 0 aromatic carbocycles. The smallest absolute Gasteiger partial charge is 0.547 e. The molecular weight excluding hydrogens is 240 g/mol. The van der Waals surface area contributed by atoms with Gasteiger partial charge in [0, 0.05) is 0 Å². The summed E-state index contributed by atoms with van der Waals surface area (Å²) in [5.41, 5.74) is -2.97. The third-order valence-corrected chi connectivity index (χ3v) is 3.25. The van der Waals surface area contributed by atoms with Gasteiger partial charge in [-0.05, 0) is 24.7 Å². The van der Waals surface area contributed by atoms with Gasteiger partial charge >= 0.3 is 23.1 Å². The Balaban J connectivity index is 0.000000284. The maximum atomic E-state index is 9.93. The average Bonchev–Trinajstić information content (AvgIpc) is 2.95. The summed E-state index contributed by atoms with van der Waals surface area (Å²) in [7, 11) is 0. The Kier molecular flexibility index (Phi) is 4.98. The molecule has 2 aliphatic carbocycles. The van der Waals surface area contributed by atoms with E-state index in [2.05, 4.69) is 0 Å². The molecule has 2 aliphatic rings. The van der Waals surface area contributed by atoms with E-state index in [1.54, 1.807) is 13.8 Å². The van der Waals surface area contributed by atoms with Gasteiger partial charge in [-0.25, -0.2) is 0 Å². The zero-order valence-electron chi connectivity index (χ0n) is 9.80. The number of carboxylic acids is 2. The number of carboxylic acid groups (broad SMARTS) is 2. The predicted molar refractivity (Wildman–Crippen MR) is 53.2 cm³/mol. The summed E-state index contributed by atoms with van der Waals surface area (Å²) in [5.74, 6) is -2.92. The summed E-state index contributed by atoms with van der Waals surface area (Å²) in [4.78, 5) is 19.9. The zero-order valence-corrected chi connectivity index (χ0v) is 11.2. The van der Waals surface area contributed by atoms with Crippen molar-refractivity contribution in [2.75, 3.05) is 0 Å². The third-order valence-electron chi connectivity index (χ3n) is 3.25. The molecule has 4 unspecified atom stereocenters. The first kappa shape index (κ1) is 16.6. The van der Waals surface area contributed by atoms with Crippen LogP contribution >= 0.6 is 0 Å². The minimum atomic E-state index is -1.49. The molecule has 0 aromatic rings. The van der Waals surface area contributed by atoms with Crippen LogP contribution in [0.15, 0.2) is 0 Å². The largest absolute Gasteiger partial charge is 2.00 e. The van der Waals surface area contributed by atoms with Crippen LogP contribution in [0.5, 0.6) is 0 Å². The molecule has 17 heavy (non-hydrogen) atoms. The van der Waals surface area contributed by atoms with E-state index >= 15 is 0 Å². The summed E-state index contributed by atoms with van der Waals surface area (Å²) in [5, 5.41) is 37.5. The van der Waals surface area contributed by atoms with E-state index < -0.39 is 23.1 Å². The molecule has 0 amide bonds. The molecule has 7 heteroatoms. The first-order chi connectivity index (χ1) is 7.14. The van der Waals surface area contributed by atoms with Crippen molar-refractivity contribution in [1.29, 1.82) is 0 Å². The number of carbonyl (C=O) groups excluding carboxylic acids is 2. The molecule has 4 atom stereocenters. The van der Waals surface area contributed by atoms with Gasteiger partial charge in [0.15, 0.2) is 0 Å². The summed E-state index contributed by atoms with van der Waals surface area (Å²) >= 11 is 0. The van der Waals surface area contributed by atoms with E-state index in [-0.39, 0.29) is 34.9 Å². The second-order valence-electron chi connectivity index (χ2n) is 4.63. The van der Waals surface area contributed by atoms with Crippen molar-refractivity contribution in [3.05, 3.63) is 0 Å². The van der Waals surface area contributed by atoms with E-state index in [1.807, 2.05) is 0 Å². The molecule has 0 aromatic heterocycles. The molecule has 2 N–H and O–H groups in total. The van der Waals surface area contributed by atoms with E-state index in [4.69, 9.17) is 10.2 Å². The summed E-state index contributed by atoms with van der Waals surface area (Å²) < 4.78 is 0. The molecule has 6 nitrogen and oxygen atoms in total. The molecule has 0 saturated heterocycles. The van der Waals surface area contributed by atoms with Crippen LogP contribution in [0.25, 0.3) is 0 Å². The monoisotopic (exact) mass is 254 g/mol.